The van der Waals surface area contributed by atoms with Crippen LogP contribution < -0.4 is 0 Å². The van der Waals surface area contributed by atoms with Crippen molar-refractivity contribution in [2.45, 2.75) is 6.54 Å². The van der Waals surface area contributed by atoms with Gasteiger partial charge in [0.25, 0.3) is 0 Å². The number of rotatable bonds is 3. The maximum atomic E-state index is 13.2. The Morgan fingerprint density at radius 3 is 2.71 bits per heavy atom. The molecule has 0 atom stereocenters. The fraction of sp³-hybridized carbons (Fsp3) is 0.0714. The zero-order valence-corrected chi connectivity index (χ0v) is 12.2. The first-order chi connectivity index (χ1) is 10.1. The lowest BCUT2D eigenvalue weighted by atomic mass is 10.2. The molecule has 0 radical (unpaired) electrons. The van der Waals surface area contributed by atoms with Crippen molar-refractivity contribution in [2.75, 3.05) is 0 Å². The Bertz CT molecular complexity index is 788. The van der Waals surface area contributed by atoms with Crippen molar-refractivity contribution >= 4 is 23.2 Å². The van der Waals surface area contributed by atoms with Gasteiger partial charge in [-0.05, 0) is 35.0 Å². The first-order valence-electron chi connectivity index (χ1n) is 6.09. The second-order valence-electron chi connectivity index (χ2n) is 4.39. The Labute approximate surface area is 130 Å². The highest BCUT2D eigenvalue weighted by atomic mass is 35.5. The molecule has 0 aliphatic carbocycles. The lowest BCUT2D eigenvalue weighted by Crippen LogP contribution is -2.04. The second kappa shape index (κ2) is 5.79. The molecule has 0 bridgehead atoms. The van der Waals surface area contributed by atoms with Gasteiger partial charge in [0.2, 0.25) is 5.82 Å². The van der Waals surface area contributed by atoms with E-state index in [1.54, 1.807) is 30.3 Å². The fourth-order valence-corrected chi connectivity index (χ4v) is 2.32. The minimum absolute atomic E-state index is 0.343. The maximum absolute atomic E-state index is 13.2. The smallest absolute Gasteiger partial charge is 0.205 e. The van der Waals surface area contributed by atoms with Gasteiger partial charge in [-0.2, -0.15) is 4.80 Å². The molecule has 3 aromatic rings. The third kappa shape index (κ3) is 3.20. The molecule has 0 saturated carbocycles. The number of hydrogen-bond donors (Lipinski definition) is 0. The number of nitrogens with zero attached hydrogens (tertiary/aromatic N) is 4. The normalized spacial score (nSPS) is 10.8. The summed E-state index contributed by atoms with van der Waals surface area (Å²) in [5.74, 6) is 0.0178. The van der Waals surface area contributed by atoms with Crippen LogP contribution in [-0.2, 0) is 6.54 Å². The molecule has 1 heterocycles. The molecule has 2 aromatic carbocycles. The van der Waals surface area contributed by atoms with Gasteiger partial charge >= 0.3 is 0 Å². The van der Waals surface area contributed by atoms with Crippen LogP contribution in [0.1, 0.15) is 5.56 Å². The summed E-state index contributed by atoms with van der Waals surface area (Å²) in [4.78, 5) is 1.40. The molecule has 21 heavy (non-hydrogen) atoms. The zero-order valence-electron chi connectivity index (χ0n) is 10.7. The standard InChI is InChI=1S/C14H9Cl2FN4/c15-11-5-4-10(13(16)7-11)8-21-19-14(18-20-21)9-2-1-3-12(17)6-9/h1-7H,8H2. The summed E-state index contributed by atoms with van der Waals surface area (Å²) in [7, 11) is 0. The van der Waals surface area contributed by atoms with Crippen LogP contribution in [0.15, 0.2) is 42.5 Å². The molecular weight excluding hydrogens is 314 g/mol. The Hall–Kier alpha value is -1.98. The maximum Gasteiger partial charge on any atom is 0.205 e. The van der Waals surface area contributed by atoms with Gasteiger partial charge in [0.1, 0.15) is 5.82 Å². The quantitative estimate of drug-likeness (QED) is 0.736. The largest absolute Gasteiger partial charge is 0.207 e. The Morgan fingerprint density at radius 2 is 1.95 bits per heavy atom. The van der Waals surface area contributed by atoms with Crippen molar-refractivity contribution in [1.29, 1.82) is 0 Å². The first-order valence-corrected chi connectivity index (χ1v) is 6.85. The van der Waals surface area contributed by atoms with E-state index < -0.39 is 0 Å². The average Bonchev–Trinajstić information content (AvgIpc) is 2.91. The predicted octanol–water partition coefficient (Wildman–Crippen LogP) is 3.83. The Kier molecular flexibility index (Phi) is 3.86. The summed E-state index contributed by atoms with van der Waals surface area (Å²) in [6, 6.07) is 11.2. The molecule has 106 valence electrons. The molecule has 7 heteroatoms. The molecule has 0 aliphatic heterocycles. The first kappa shape index (κ1) is 14.0. The monoisotopic (exact) mass is 322 g/mol. The van der Waals surface area contributed by atoms with Gasteiger partial charge in [0.05, 0.1) is 6.54 Å². The van der Waals surface area contributed by atoms with E-state index in [1.165, 1.54) is 16.9 Å². The van der Waals surface area contributed by atoms with Gasteiger partial charge in [0.15, 0.2) is 0 Å². The number of benzene rings is 2. The number of aromatic nitrogens is 4. The highest BCUT2D eigenvalue weighted by molar-refractivity contribution is 6.35. The van der Waals surface area contributed by atoms with Crippen LogP contribution in [0.4, 0.5) is 4.39 Å². The van der Waals surface area contributed by atoms with Crippen molar-refractivity contribution in [3.05, 3.63) is 63.9 Å². The summed E-state index contributed by atoms with van der Waals surface area (Å²) in [6.07, 6.45) is 0. The Balaban J connectivity index is 1.85. The van der Waals surface area contributed by atoms with Crippen LogP contribution in [0.25, 0.3) is 11.4 Å². The van der Waals surface area contributed by atoms with Gasteiger partial charge in [-0.15, -0.1) is 10.2 Å². The molecule has 0 saturated heterocycles. The van der Waals surface area contributed by atoms with Crippen LogP contribution in [0.5, 0.6) is 0 Å². The fourth-order valence-electron chi connectivity index (χ4n) is 1.86. The van der Waals surface area contributed by atoms with Gasteiger partial charge < -0.3 is 0 Å². The van der Waals surface area contributed by atoms with Gasteiger partial charge in [-0.25, -0.2) is 4.39 Å². The molecule has 0 fully saturated rings. The molecule has 1 aromatic heterocycles. The van der Waals surface area contributed by atoms with E-state index >= 15 is 0 Å². The number of hydrogen-bond acceptors (Lipinski definition) is 3. The molecule has 0 N–H and O–H groups in total. The lowest BCUT2D eigenvalue weighted by Gasteiger charge is -2.03. The van der Waals surface area contributed by atoms with Crippen molar-refractivity contribution in [2.24, 2.45) is 0 Å². The van der Waals surface area contributed by atoms with Crippen LogP contribution in [0.2, 0.25) is 10.0 Å². The van der Waals surface area contributed by atoms with E-state index in [0.717, 1.165) is 5.56 Å². The molecule has 3 rings (SSSR count). The van der Waals surface area contributed by atoms with E-state index in [0.29, 0.717) is 28.0 Å². The molecule has 0 unspecified atom stereocenters. The van der Waals surface area contributed by atoms with Gasteiger partial charge in [0, 0.05) is 15.6 Å². The van der Waals surface area contributed by atoms with E-state index in [4.69, 9.17) is 23.2 Å². The zero-order chi connectivity index (χ0) is 14.8. The van der Waals surface area contributed by atoms with Crippen molar-refractivity contribution < 1.29 is 4.39 Å². The lowest BCUT2D eigenvalue weighted by molar-refractivity contribution is 0.573. The molecule has 0 amide bonds. The van der Waals surface area contributed by atoms with Crippen LogP contribution in [0, 0.1) is 5.82 Å². The van der Waals surface area contributed by atoms with E-state index in [1.807, 2.05) is 0 Å². The number of tetrazole rings is 1. The second-order valence-corrected chi connectivity index (χ2v) is 5.23. The van der Waals surface area contributed by atoms with Crippen LogP contribution in [-0.4, -0.2) is 20.2 Å². The molecule has 0 aliphatic rings. The van der Waals surface area contributed by atoms with Gasteiger partial charge in [-0.3, -0.25) is 0 Å². The SMILES string of the molecule is Fc1cccc(-c2nnn(Cc3ccc(Cl)cc3Cl)n2)c1. The van der Waals surface area contributed by atoms with Crippen molar-refractivity contribution in [3.63, 3.8) is 0 Å². The Morgan fingerprint density at radius 1 is 1.10 bits per heavy atom. The van der Waals surface area contributed by atoms with Crippen molar-refractivity contribution in [1.82, 2.24) is 20.2 Å². The molecule has 0 spiro atoms. The average molecular weight is 323 g/mol. The third-order valence-electron chi connectivity index (χ3n) is 2.86. The summed E-state index contributed by atoms with van der Waals surface area (Å²) in [6.45, 7) is 0.359. The van der Waals surface area contributed by atoms with E-state index in [-0.39, 0.29) is 5.82 Å². The van der Waals surface area contributed by atoms with Crippen molar-refractivity contribution in [3.8, 4) is 11.4 Å². The summed E-state index contributed by atoms with van der Waals surface area (Å²) >= 11 is 11.9. The summed E-state index contributed by atoms with van der Waals surface area (Å²) in [5, 5.41) is 13.2. The topological polar surface area (TPSA) is 43.6 Å². The molecular formula is C14H9Cl2FN4. The van der Waals surface area contributed by atoms with Crippen LogP contribution >= 0.6 is 23.2 Å². The number of halogens is 3. The summed E-state index contributed by atoms with van der Waals surface area (Å²) < 4.78 is 13.2. The highest BCUT2D eigenvalue weighted by Gasteiger charge is 2.09. The third-order valence-corrected chi connectivity index (χ3v) is 3.45. The van der Waals surface area contributed by atoms with Crippen LogP contribution in [0.3, 0.4) is 0 Å². The molecule has 4 nitrogen and oxygen atoms in total. The predicted molar refractivity (Wildman–Crippen MR) is 78.8 cm³/mol. The van der Waals surface area contributed by atoms with E-state index in [9.17, 15) is 4.39 Å². The van der Waals surface area contributed by atoms with E-state index in [2.05, 4.69) is 15.4 Å². The summed E-state index contributed by atoms with van der Waals surface area (Å²) in [5.41, 5.74) is 1.40. The van der Waals surface area contributed by atoms with Gasteiger partial charge in [-0.1, -0.05) is 41.4 Å². The minimum atomic E-state index is -0.343. The highest BCUT2D eigenvalue weighted by Crippen LogP contribution is 2.21. The minimum Gasteiger partial charge on any atom is -0.207 e.